The lowest BCUT2D eigenvalue weighted by molar-refractivity contribution is -0.660. The molecule has 25 rings (SSSR count). The van der Waals surface area contributed by atoms with Gasteiger partial charge >= 0.3 is 0 Å². The number of nitrogens with zero attached hydrogens (tertiary/aromatic N) is 5. The third kappa shape index (κ3) is 24.5. The van der Waals surface area contributed by atoms with Crippen molar-refractivity contribution in [3.05, 3.63) is 453 Å². The normalized spacial score (nSPS) is 10.3. The molecule has 0 saturated heterocycles. The average molecular weight is 1970 g/mol. The van der Waals surface area contributed by atoms with E-state index in [1.165, 1.54) is 246 Å². The van der Waals surface area contributed by atoms with E-state index < -0.39 is 0 Å². The minimum Gasteiger partial charge on any atom is -0.201 e. The van der Waals surface area contributed by atoms with Gasteiger partial charge in [0.15, 0.2) is 31.0 Å². The van der Waals surface area contributed by atoms with Crippen molar-refractivity contribution >= 4 is 162 Å². The Kier molecular flexibility index (Phi) is 42.5. The zero-order chi connectivity index (χ0) is 108. The van der Waals surface area contributed by atoms with Crippen LogP contribution in [0.3, 0.4) is 0 Å². The number of pyridine rings is 5. The minimum atomic E-state index is 1.24. The van der Waals surface area contributed by atoms with Crippen LogP contribution >= 0.6 is 0 Å². The summed E-state index contributed by atoms with van der Waals surface area (Å²) in [5, 5.41) is 39.4. The van der Waals surface area contributed by atoms with Crippen molar-refractivity contribution in [2.45, 2.75) is 173 Å². The highest BCUT2D eigenvalue weighted by Gasteiger charge is 2.23. The summed E-state index contributed by atoms with van der Waals surface area (Å²) in [6, 6.07) is 143. The summed E-state index contributed by atoms with van der Waals surface area (Å²) < 4.78 is 11.0. The van der Waals surface area contributed by atoms with Gasteiger partial charge in [0.05, 0.1) is 0 Å². The highest BCUT2D eigenvalue weighted by atomic mass is 14.9. The van der Waals surface area contributed by atoms with E-state index in [1.807, 2.05) is 138 Å². The number of benzene rings is 20. The van der Waals surface area contributed by atoms with Crippen molar-refractivity contribution < 1.29 is 22.8 Å². The van der Waals surface area contributed by atoms with Crippen molar-refractivity contribution in [1.82, 2.24) is 0 Å². The fraction of sp³-hybridized carbons (Fsp3) is 0.207. The Bertz CT molecular complexity index is 8640. The number of aryl methyl sites for hydroxylation is 10. The zero-order valence-corrected chi connectivity index (χ0v) is 95.2. The summed E-state index contributed by atoms with van der Waals surface area (Å²) >= 11 is 0. The van der Waals surface area contributed by atoms with Gasteiger partial charge in [-0.3, -0.25) is 0 Å². The molecule has 5 aromatic heterocycles. The summed E-state index contributed by atoms with van der Waals surface area (Å²) in [6.07, 6.45) is 10.5. The van der Waals surface area contributed by atoms with E-state index in [-0.39, 0.29) is 0 Å². The minimum absolute atomic E-state index is 1.24. The van der Waals surface area contributed by atoms with Gasteiger partial charge in [0.2, 0.25) is 28.5 Å². The van der Waals surface area contributed by atoms with Crippen molar-refractivity contribution in [2.75, 3.05) is 0 Å². The summed E-state index contributed by atoms with van der Waals surface area (Å²) in [5.41, 5.74) is 19.3. The Morgan fingerprint density at radius 2 is 0.340 bits per heavy atom. The van der Waals surface area contributed by atoms with Crippen LogP contribution in [0.4, 0.5) is 0 Å². The lowest BCUT2D eigenvalue weighted by Crippen LogP contribution is -2.30. The van der Waals surface area contributed by atoms with Gasteiger partial charge < -0.3 is 0 Å². The molecule has 0 aliphatic rings. The maximum atomic E-state index is 2.37. The molecule has 0 radical (unpaired) electrons. The molecule has 0 spiro atoms. The first-order chi connectivity index (χ1) is 73.6. The molecule has 0 unspecified atom stereocenters. The molecule has 25 aromatic rings. The summed E-state index contributed by atoms with van der Waals surface area (Å²) in [7, 11) is 10.5. The zero-order valence-electron chi connectivity index (χ0n) is 95.2. The van der Waals surface area contributed by atoms with Crippen LogP contribution < -0.4 is 22.8 Å². The van der Waals surface area contributed by atoms with Crippen molar-refractivity contribution in [2.24, 2.45) is 35.2 Å². The van der Waals surface area contributed by atoms with E-state index in [2.05, 4.69) is 518 Å². The standard InChI is InChI=1S/5C25H20N.10C2H6/c1-17-15-19-11-13-21-20-8-4-3-7-18(20)10-12-22(21)24(19)16-23(17)25-9-5-6-14-26(25)2;1-17-21(23-9-5-6-16-26(23)2)15-14-19-12-13-20-11-10-18-7-3-4-8-22(18)25(20)24(17)19;1-17-22(24-9-5-6-14-26(24)2)13-12-18-10-11-21-15-19-7-3-4-8-20(19)16-23(21)25(17)18;1-17-15-20-13-12-19-11-10-18-7-3-4-8-21(18)25(19)23(20)16-22(17)24-9-5-6-14-26(24)2;1-17-13-20-10-11-21-14-18-7-3-4-8-19(18)15-23(21)24(20)16-22(17)25-9-5-6-12-26(25)2;10*1-2/h5*3-16H,1-2H3;10*1-2H3/q5*+1;;;;;;;;;;. The van der Waals surface area contributed by atoms with Gasteiger partial charge in [0.25, 0.3) is 0 Å². The average Bonchev–Trinajstić information content (AvgIpc) is 0.747. The largest absolute Gasteiger partial charge is 0.212 e. The van der Waals surface area contributed by atoms with E-state index in [0.29, 0.717) is 0 Å². The number of hydrogen-bond acceptors (Lipinski definition) is 0. The van der Waals surface area contributed by atoms with Gasteiger partial charge in [-0.25, -0.2) is 22.8 Å². The smallest absolute Gasteiger partial charge is 0.201 e. The molecule has 0 amide bonds. The molecule has 0 saturated carbocycles. The first-order valence-electron chi connectivity index (χ1n) is 55.1. The molecule has 5 heteroatoms. The molecule has 20 aromatic carbocycles. The first-order valence-corrected chi connectivity index (χ1v) is 55.1. The van der Waals surface area contributed by atoms with Crippen LogP contribution in [-0.2, 0) is 35.2 Å². The van der Waals surface area contributed by atoms with E-state index >= 15 is 0 Å². The Morgan fingerprint density at radius 1 is 0.127 bits per heavy atom. The molecule has 0 bridgehead atoms. The second-order valence-electron chi connectivity index (χ2n) is 35.1. The quantitative estimate of drug-likeness (QED) is 0.0930. The van der Waals surface area contributed by atoms with E-state index in [0.717, 1.165) is 0 Å². The maximum absolute atomic E-state index is 2.37. The molecule has 0 N–H and O–H groups in total. The number of aromatic nitrogens is 5. The molecule has 5 heterocycles. The Morgan fingerprint density at radius 3 is 0.720 bits per heavy atom. The van der Waals surface area contributed by atoms with Gasteiger partial charge in [-0.2, -0.15) is 0 Å². The van der Waals surface area contributed by atoms with Gasteiger partial charge in [0.1, 0.15) is 35.2 Å². The molecular formula is C145H160N5+5. The van der Waals surface area contributed by atoms with Crippen LogP contribution in [0, 0.1) is 34.6 Å². The topological polar surface area (TPSA) is 19.4 Å². The molecule has 0 fully saturated rings. The predicted molar refractivity (Wildman–Crippen MR) is 665 cm³/mol. The molecule has 0 atom stereocenters. The fourth-order valence-corrected chi connectivity index (χ4v) is 20.4. The SMILES string of the molecule is CC.CC.CC.CC.CC.CC.CC.CC.CC.CC.Cc1c(-c2cccc[n+]2C)ccc2ccc3cc4ccccc4cc3c12.Cc1c(-c2cccc[n+]2C)ccc2ccc3ccc4ccccc4c3c12.Cc1cc2ccc3c4ccccc4ccc3c2cc1-c1cccc[n+]1C.Cc1cc2ccc3cc4ccccc4cc3c2cc1-c1cccc[n+]1C.Cc1cc2ccc3ccc4ccccc4c3c2cc1-c1cccc[n+]1C. The van der Waals surface area contributed by atoms with Gasteiger partial charge in [-0.05, 0) is 309 Å². The van der Waals surface area contributed by atoms with E-state index in [9.17, 15) is 0 Å². The van der Waals surface area contributed by atoms with Crippen LogP contribution in [0.2, 0.25) is 0 Å². The highest BCUT2D eigenvalue weighted by molar-refractivity contribution is 6.24. The second-order valence-corrected chi connectivity index (χ2v) is 35.1. The van der Waals surface area contributed by atoms with Crippen molar-refractivity contribution in [3.8, 4) is 56.3 Å². The van der Waals surface area contributed by atoms with Crippen LogP contribution in [0.5, 0.6) is 0 Å². The molecule has 150 heavy (non-hydrogen) atoms. The van der Waals surface area contributed by atoms with Crippen LogP contribution in [0.25, 0.3) is 218 Å². The maximum Gasteiger partial charge on any atom is 0.212 e. The fourth-order valence-electron chi connectivity index (χ4n) is 20.4. The summed E-state index contributed by atoms with van der Waals surface area (Å²) in [4.78, 5) is 0. The summed E-state index contributed by atoms with van der Waals surface area (Å²) in [5.74, 6) is 0. The van der Waals surface area contributed by atoms with Gasteiger partial charge in [-0.1, -0.05) is 387 Å². The lowest BCUT2D eigenvalue weighted by Gasteiger charge is -2.13. The number of hydrogen-bond donors (Lipinski definition) is 0. The van der Waals surface area contributed by atoms with Crippen molar-refractivity contribution in [3.63, 3.8) is 0 Å². The number of fused-ring (bicyclic) bond motifs is 23. The third-order valence-corrected chi connectivity index (χ3v) is 27.1. The van der Waals surface area contributed by atoms with Crippen molar-refractivity contribution in [1.29, 1.82) is 0 Å². The monoisotopic (exact) mass is 1970 g/mol. The molecule has 0 aliphatic heterocycles. The van der Waals surface area contributed by atoms with Gasteiger partial charge in [0, 0.05) is 88.5 Å². The second kappa shape index (κ2) is 55.7. The van der Waals surface area contributed by atoms with Crippen LogP contribution in [-0.4, -0.2) is 0 Å². The molecule has 760 valence electrons. The Labute approximate surface area is 895 Å². The molecular weight excluding hydrogens is 1810 g/mol. The van der Waals surface area contributed by atoms with E-state index in [1.54, 1.807) is 0 Å². The molecule has 0 aliphatic carbocycles. The van der Waals surface area contributed by atoms with E-state index in [4.69, 9.17) is 0 Å². The Hall–Kier alpha value is -16.0. The summed E-state index contributed by atoms with van der Waals surface area (Å²) in [6.45, 7) is 51.1. The molecule has 5 nitrogen and oxygen atoms in total. The lowest BCUT2D eigenvalue weighted by atomic mass is 9.91. The highest BCUT2D eigenvalue weighted by Crippen LogP contribution is 2.43. The predicted octanol–water partition coefficient (Wildman–Crippen LogP) is 40.0. The van der Waals surface area contributed by atoms with Gasteiger partial charge in [-0.15, -0.1) is 0 Å². The Balaban J connectivity index is 0.000000170. The third-order valence-electron chi connectivity index (χ3n) is 27.1. The number of rotatable bonds is 5. The van der Waals surface area contributed by atoms with Crippen LogP contribution in [0.15, 0.2) is 425 Å². The first kappa shape index (κ1) is 114. The van der Waals surface area contributed by atoms with Crippen LogP contribution in [0.1, 0.15) is 166 Å².